The number of amides is 1. The minimum atomic E-state index is -4.26. The average Bonchev–Trinajstić information content (AvgIpc) is 2.51. The zero-order chi connectivity index (χ0) is 13.6. The zero-order valence-electron chi connectivity index (χ0n) is 10.1. The lowest BCUT2D eigenvalue weighted by Crippen LogP contribution is -2.37. The molecular formula is C13H13F3N2O. The van der Waals surface area contributed by atoms with E-state index in [9.17, 15) is 18.0 Å². The third kappa shape index (κ3) is 1.95. The highest BCUT2D eigenvalue weighted by Crippen LogP contribution is 2.46. The number of alkyl halides is 3. The van der Waals surface area contributed by atoms with Crippen molar-refractivity contribution >= 4 is 11.6 Å². The van der Waals surface area contributed by atoms with Crippen LogP contribution in [0.4, 0.5) is 18.9 Å². The number of anilines is 1. The van der Waals surface area contributed by atoms with Crippen LogP contribution < -0.4 is 10.2 Å². The van der Waals surface area contributed by atoms with Crippen LogP contribution in [0, 0.1) is 0 Å². The van der Waals surface area contributed by atoms with E-state index < -0.39 is 12.1 Å². The van der Waals surface area contributed by atoms with Gasteiger partial charge in [-0.25, -0.2) is 0 Å². The van der Waals surface area contributed by atoms with Crippen molar-refractivity contribution in [1.29, 1.82) is 0 Å². The van der Waals surface area contributed by atoms with Crippen molar-refractivity contribution < 1.29 is 18.0 Å². The smallest absolute Gasteiger partial charge is 0.369 e. The van der Waals surface area contributed by atoms with Gasteiger partial charge in [-0.2, -0.15) is 13.2 Å². The molecule has 0 radical (unpaired) electrons. The van der Waals surface area contributed by atoms with Gasteiger partial charge in [0, 0.05) is 19.6 Å². The first-order chi connectivity index (χ1) is 8.98. The van der Waals surface area contributed by atoms with Gasteiger partial charge < -0.3 is 10.2 Å². The summed E-state index contributed by atoms with van der Waals surface area (Å²) in [6, 6.07) is 4.61. The van der Waals surface area contributed by atoms with Gasteiger partial charge in [-0.05, 0) is 18.1 Å². The second kappa shape index (κ2) is 4.15. The molecule has 0 bridgehead atoms. The molecule has 3 nitrogen and oxygen atoms in total. The van der Waals surface area contributed by atoms with E-state index in [0.717, 1.165) is 0 Å². The van der Waals surface area contributed by atoms with Crippen LogP contribution in [0.5, 0.6) is 0 Å². The Hall–Kier alpha value is -1.72. The van der Waals surface area contributed by atoms with Crippen molar-refractivity contribution in [3.8, 4) is 0 Å². The fourth-order valence-corrected chi connectivity index (χ4v) is 2.89. The van der Waals surface area contributed by atoms with Gasteiger partial charge in [-0.3, -0.25) is 4.79 Å². The highest BCUT2D eigenvalue weighted by Gasteiger charge is 2.45. The van der Waals surface area contributed by atoms with Gasteiger partial charge >= 0.3 is 6.18 Å². The van der Waals surface area contributed by atoms with Gasteiger partial charge in [0.15, 0.2) is 0 Å². The van der Waals surface area contributed by atoms with Crippen molar-refractivity contribution in [2.75, 3.05) is 24.5 Å². The Balaban J connectivity index is 2.17. The highest BCUT2D eigenvalue weighted by molar-refractivity contribution is 6.01. The second-order valence-electron chi connectivity index (χ2n) is 4.87. The van der Waals surface area contributed by atoms with Gasteiger partial charge in [-0.1, -0.05) is 12.1 Å². The Bertz CT molecular complexity index is 527. The van der Waals surface area contributed by atoms with E-state index in [-0.39, 0.29) is 17.9 Å². The van der Waals surface area contributed by atoms with Crippen LogP contribution in [0.2, 0.25) is 0 Å². The van der Waals surface area contributed by atoms with Crippen LogP contribution >= 0.6 is 0 Å². The van der Waals surface area contributed by atoms with Crippen molar-refractivity contribution in [1.82, 2.24) is 5.32 Å². The number of nitrogens with zero attached hydrogens (tertiary/aromatic N) is 1. The summed E-state index contributed by atoms with van der Waals surface area (Å²) in [5.41, 5.74) is 1.04. The highest BCUT2D eigenvalue weighted by atomic mass is 19.4. The molecule has 1 amide bonds. The Morgan fingerprint density at radius 3 is 2.79 bits per heavy atom. The summed E-state index contributed by atoms with van der Waals surface area (Å²) in [6.07, 6.45) is -4.21. The second-order valence-corrected chi connectivity index (χ2v) is 4.87. The predicted octanol–water partition coefficient (Wildman–Crippen LogP) is 2.29. The van der Waals surface area contributed by atoms with E-state index in [4.69, 9.17) is 0 Å². The SMILES string of the molecule is O=C1NCCN2CCC(C(F)(F)F)c3cccc1c32. The Kier molecular flexibility index (Phi) is 2.69. The molecule has 0 saturated carbocycles. The summed E-state index contributed by atoms with van der Waals surface area (Å²) in [4.78, 5) is 13.8. The van der Waals surface area contributed by atoms with Crippen molar-refractivity contribution in [2.24, 2.45) is 0 Å². The lowest BCUT2D eigenvalue weighted by Gasteiger charge is -2.36. The van der Waals surface area contributed by atoms with E-state index in [1.165, 1.54) is 12.1 Å². The summed E-state index contributed by atoms with van der Waals surface area (Å²) in [7, 11) is 0. The predicted molar refractivity (Wildman–Crippen MR) is 64.4 cm³/mol. The number of para-hydroxylation sites is 1. The van der Waals surface area contributed by atoms with Gasteiger partial charge in [0.2, 0.25) is 0 Å². The topological polar surface area (TPSA) is 32.3 Å². The third-order valence-corrected chi connectivity index (χ3v) is 3.75. The lowest BCUT2D eigenvalue weighted by molar-refractivity contribution is -0.152. The molecule has 1 unspecified atom stereocenters. The molecule has 6 heteroatoms. The van der Waals surface area contributed by atoms with Gasteiger partial charge in [0.25, 0.3) is 5.91 Å². The van der Waals surface area contributed by atoms with Gasteiger partial charge in [0.05, 0.1) is 17.2 Å². The van der Waals surface area contributed by atoms with Crippen LogP contribution in [0.25, 0.3) is 0 Å². The Morgan fingerprint density at radius 2 is 2.05 bits per heavy atom. The average molecular weight is 270 g/mol. The molecule has 0 fully saturated rings. The van der Waals surface area contributed by atoms with Gasteiger partial charge in [-0.15, -0.1) is 0 Å². The quantitative estimate of drug-likeness (QED) is 0.784. The number of benzene rings is 1. The molecule has 3 rings (SSSR count). The van der Waals surface area contributed by atoms with Crippen molar-refractivity contribution in [3.63, 3.8) is 0 Å². The summed E-state index contributed by atoms with van der Waals surface area (Å²) < 4.78 is 39.2. The normalized spacial score (nSPS) is 22.6. The van der Waals surface area contributed by atoms with Crippen LogP contribution in [0.15, 0.2) is 18.2 Å². The minimum Gasteiger partial charge on any atom is -0.369 e. The molecule has 2 aliphatic heterocycles. The number of hydrogen-bond acceptors (Lipinski definition) is 2. The van der Waals surface area contributed by atoms with E-state index in [1.54, 1.807) is 6.07 Å². The molecule has 0 saturated heterocycles. The molecule has 2 heterocycles. The molecule has 2 aliphatic rings. The molecule has 1 N–H and O–H groups in total. The van der Waals surface area contributed by atoms with E-state index >= 15 is 0 Å². The van der Waals surface area contributed by atoms with E-state index in [2.05, 4.69) is 5.32 Å². The summed E-state index contributed by atoms with van der Waals surface area (Å²) in [5, 5.41) is 2.71. The molecule has 19 heavy (non-hydrogen) atoms. The Morgan fingerprint density at radius 1 is 1.26 bits per heavy atom. The van der Waals surface area contributed by atoms with E-state index in [1.807, 2.05) is 4.90 Å². The first-order valence-electron chi connectivity index (χ1n) is 6.21. The largest absolute Gasteiger partial charge is 0.395 e. The van der Waals surface area contributed by atoms with Crippen LogP contribution in [0.3, 0.4) is 0 Å². The Labute approximate surface area is 108 Å². The number of hydrogen-bond donors (Lipinski definition) is 1. The number of halogens is 3. The minimum absolute atomic E-state index is 0.0497. The molecule has 0 aromatic heterocycles. The third-order valence-electron chi connectivity index (χ3n) is 3.75. The maximum Gasteiger partial charge on any atom is 0.395 e. The summed E-state index contributed by atoms with van der Waals surface area (Å²) in [6.45, 7) is 1.35. The fraction of sp³-hybridized carbons (Fsp3) is 0.462. The first-order valence-corrected chi connectivity index (χ1v) is 6.21. The van der Waals surface area contributed by atoms with E-state index in [0.29, 0.717) is 30.9 Å². The molecule has 0 aliphatic carbocycles. The number of carbonyl (C=O) groups is 1. The van der Waals surface area contributed by atoms with Crippen molar-refractivity contribution in [2.45, 2.75) is 18.5 Å². The molecule has 1 aromatic carbocycles. The maximum absolute atomic E-state index is 13.1. The van der Waals surface area contributed by atoms with Crippen molar-refractivity contribution in [3.05, 3.63) is 29.3 Å². The summed E-state index contributed by atoms with van der Waals surface area (Å²) >= 11 is 0. The molecule has 0 spiro atoms. The maximum atomic E-state index is 13.1. The number of rotatable bonds is 0. The number of carbonyl (C=O) groups excluding carboxylic acids is 1. The molecule has 1 atom stereocenters. The molecule has 102 valence electrons. The summed E-state index contributed by atoms with van der Waals surface area (Å²) in [5.74, 6) is -1.76. The molecular weight excluding hydrogens is 257 g/mol. The van der Waals surface area contributed by atoms with Crippen LogP contribution in [-0.4, -0.2) is 31.7 Å². The number of nitrogens with one attached hydrogen (secondary N) is 1. The molecule has 1 aromatic rings. The fourth-order valence-electron chi connectivity index (χ4n) is 2.89. The monoisotopic (exact) mass is 270 g/mol. The first kappa shape index (κ1) is 12.3. The standard InChI is InChI=1S/C13H13F3N2O/c14-13(15,16)10-4-6-18-7-5-17-12(19)9-3-1-2-8(10)11(9)18/h1-3,10H,4-7H2,(H,17,19). The van der Waals surface area contributed by atoms with Crippen LogP contribution in [-0.2, 0) is 0 Å². The zero-order valence-corrected chi connectivity index (χ0v) is 10.1. The van der Waals surface area contributed by atoms with Gasteiger partial charge in [0.1, 0.15) is 0 Å². The van der Waals surface area contributed by atoms with Crippen LogP contribution in [0.1, 0.15) is 28.3 Å². The lowest BCUT2D eigenvalue weighted by atomic mass is 9.87.